The third kappa shape index (κ3) is 4.03. The van der Waals surface area contributed by atoms with Gasteiger partial charge in [0, 0.05) is 19.1 Å². The first-order valence-corrected chi connectivity index (χ1v) is 8.47. The van der Waals surface area contributed by atoms with E-state index in [1.54, 1.807) is 0 Å². The summed E-state index contributed by atoms with van der Waals surface area (Å²) < 4.78 is 23.0. The van der Waals surface area contributed by atoms with Gasteiger partial charge in [-0.3, -0.25) is 4.90 Å². The number of sulfone groups is 1. The number of hydrogen-bond acceptors (Lipinski definition) is 4. The van der Waals surface area contributed by atoms with Gasteiger partial charge in [0.2, 0.25) is 0 Å². The summed E-state index contributed by atoms with van der Waals surface area (Å²) >= 11 is 0. The van der Waals surface area contributed by atoms with Crippen LogP contribution in [0.2, 0.25) is 0 Å². The number of benzene rings is 1. The maximum atomic E-state index is 11.5. The first-order valence-electron chi connectivity index (χ1n) is 6.65. The molecule has 0 saturated carbocycles. The second kappa shape index (κ2) is 6.03. The van der Waals surface area contributed by atoms with Crippen LogP contribution in [0, 0.1) is 0 Å². The van der Waals surface area contributed by atoms with E-state index in [4.69, 9.17) is 0 Å². The predicted octanol–water partition coefficient (Wildman–Crippen LogP) is 1.23. The van der Waals surface area contributed by atoms with Crippen LogP contribution in [0.25, 0.3) is 0 Å². The van der Waals surface area contributed by atoms with Crippen LogP contribution in [0.5, 0.6) is 0 Å². The third-order valence-electron chi connectivity index (χ3n) is 3.68. The van der Waals surface area contributed by atoms with E-state index < -0.39 is 15.9 Å². The zero-order chi connectivity index (χ0) is 13.9. The second-order valence-electron chi connectivity index (χ2n) is 5.21. The first-order chi connectivity index (χ1) is 8.98. The Morgan fingerprint density at radius 2 is 2.05 bits per heavy atom. The van der Waals surface area contributed by atoms with Gasteiger partial charge in [-0.25, -0.2) is 8.42 Å². The van der Waals surface area contributed by atoms with Crippen molar-refractivity contribution in [3.8, 4) is 0 Å². The van der Waals surface area contributed by atoms with Crippen molar-refractivity contribution in [3.05, 3.63) is 35.9 Å². The Labute approximate surface area is 115 Å². The van der Waals surface area contributed by atoms with Crippen molar-refractivity contribution in [1.82, 2.24) is 4.90 Å². The Morgan fingerprint density at radius 1 is 1.37 bits per heavy atom. The minimum atomic E-state index is -2.86. The molecule has 5 heteroatoms. The molecule has 0 radical (unpaired) electrons. The van der Waals surface area contributed by atoms with Crippen LogP contribution in [0.4, 0.5) is 0 Å². The van der Waals surface area contributed by atoms with Crippen molar-refractivity contribution in [2.45, 2.75) is 25.5 Å². The van der Waals surface area contributed by atoms with Crippen LogP contribution in [0.3, 0.4) is 0 Å². The highest BCUT2D eigenvalue weighted by molar-refractivity contribution is 7.91. The summed E-state index contributed by atoms with van der Waals surface area (Å²) in [6.45, 7) is 3.24. The molecule has 1 fully saturated rings. The van der Waals surface area contributed by atoms with E-state index >= 15 is 0 Å². The van der Waals surface area contributed by atoms with Gasteiger partial charge in [-0.15, -0.1) is 0 Å². The zero-order valence-electron chi connectivity index (χ0n) is 11.2. The molecule has 4 nitrogen and oxygen atoms in total. The van der Waals surface area contributed by atoms with Crippen molar-refractivity contribution in [2.75, 3.05) is 24.6 Å². The number of rotatable bonds is 4. The third-order valence-corrected chi connectivity index (χ3v) is 5.48. The minimum Gasteiger partial charge on any atom is -0.388 e. The summed E-state index contributed by atoms with van der Waals surface area (Å²) in [4.78, 5) is 2.15. The number of nitrogens with zero attached hydrogens (tertiary/aromatic N) is 1. The average molecular weight is 283 g/mol. The van der Waals surface area contributed by atoms with Gasteiger partial charge < -0.3 is 5.11 Å². The van der Waals surface area contributed by atoms with Crippen molar-refractivity contribution in [1.29, 1.82) is 0 Å². The molecule has 0 aromatic heterocycles. The predicted molar refractivity (Wildman–Crippen MR) is 75.7 cm³/mol. The number of hydrogen-bond donors (Lipinski definition) is 1. The van der Waals surface area contributed by atoms with E-state index in [-0.39, 0.29) is 17.5 Å². The molecular weight excluding hydrogens is 262 g/mol. The molecule has 1 aromatic carbocycles. The SMILES string of the molecule is CC1CS(=O)(=O)CCN1CCC(O)c1ccccc1. The molecule has 2 rings (SSSR count). The van der Waals surface area contributed by atoms with E-state index in [2.05, 4.69) is 4.90 Å². The van der Waals surface area contributed by atoms with E-state index in [1.165, 1.54) is 0 Å². The highest BCUT2D eigenvalue weighted by atomic mass is 32.2. The molecule has 2 atom stereocenters. The Bertz CT molecular complexity index is 501. The highest BCUT2D eigenvalue weighted by Crippen LogP contribution is 2.18. The van der Waals surface area contributed by atoms with Crippen LogP contribution in [-0.4, -0.2) is 49.1 Å². The second-order valence-corrected chi connectivity index (χ2v) is 7.44. The Hall–Kier alpha value is -0.910. The summed E-state index contributed by atoms with van der Waals surface area (Å²) in [6.07, 6.45) is 0.154. The molecule has 1 aliphatic rings. The molecule has 1 saturated heterocycles. The topological polar surface area (TPSA) is 57.6 Å². The molecule has 2 unspecified atom stereocenters. The van der Waals surface area contributed by atoms with Crippen molar-refractivity contribution in [3.63, 3.8) is 0 Å². The molecule has 1 N–H and O–H groups in total. The lowest BCUT2D eigenvalue weighted by atomic mass is 10.1. The summed E-state index contributed by atoms with van der Waals surface area (Å²) in [6, 6.07) is 9.61. The van der Waals surface area contributed by atoms with E-state index in [9.17, 15) is 13.5 Å². The zero-order valence-corrected chi connectivity index (χ0v) is 12.0. The quantitative estimate of drug-likeness (QED) is 0.903. The standard InChI is InChI=1S/C14H21NO3S/c1-12-11-19(17,18)10-9-15(12)8-7-14(16)13-5-3-2-4-6-13/h2-6,12,14,16H,7-11H2,1H3. The largest absolute Gasteiger partial charge is 0.388 e. The molecule has 19 heavy (non-hydrogen) atoms. The van der Waals surface area contributed by atoms with Crippen LogP contribution >= 0.6 is 0 Å². The molecule has 1 aliphatic heterocycles. The summed E-state index contributed by atoms with van der Waals surface area (Å²) in [7, 11) is -2.86. The average Bonchev–Trinajstić information content (AvgIpc) is 2.37. The number of aliphatic hydroxyl groups excluding tert-OH is 1. The van der Waals surface area contributed by atoms with Gasteiger partial charge in [0.1, 0.15) is 0 Å². The Balaban J connectivity index is 1.86. The lowest BCUT2D eigenvalue weighted by Crippen LogP contribution is -2.47. The monoisotopic (exact) mass is 283 g/mol. The Kier molecular flexibility index (Phi) is 4.60. The normalized spacial score (nSPS) is 25.1. The van der Waals surface area contributed by atoms with Gasteiger partial charge in [-0.05, 0) is 18.9 Å². The van der Waals surface area contributed by atoms with E-state index in [1.807, 2.05) is 37.3 Å². The maximum absolute atomic E-state index is 11.5. The lowest BCUT2D eigenvalue weighted by Gasteiger charge is -2.33. The van der Waals surface area contributed by atoms with Crippen molar-refractivity contribution >= 4 is 9.84 Å². The fourth-order valence-electron chi connectivity index (χ4n) is 2.50. The minimum absolute atomic E-state index is 0.0433. The van der Waals surface area contributed by atoms with E-state index in [0.717, 1.165) is 12.1 Å². The van der Waals surface area contributed by atoms with Crippen molar-refractivity contribution < 1.29 is 13.5 Å². The van der Waals surface area contributed by atoms with Gasteiger partial charge in [-0.1, -0.05) is 30.3 Å². The van der Waals surface area contributed by atoms with Crippen LogP contribution in [0.1, 0.15) is 25.0 Å². The molecule has 0 aliphatic carbocycles. The van der Waals surface area contributed by atoms with Gasteiger partial charge in [0.05, 0.1) is 17.6 Å². The van der Waals surface area contributed by atoms with Crippen LogP contribution in [-0.2, 0) is 9.84 Å². The van der Waals surface area contributed by atoms with Crippen molar-refractivity contribution in [2.24, 2.45) is 0 Å². The molecule has 106 valence electrons. The Morgan fingerprint density at radius 3 is 2.68 bits per heavy atom. The first kappa shape index (κ1) is 14.5. The maximum Gasteiger partial charge on any atom is 0.153 e. The van der Waals surface area contributed by atoms with Gasteiger partial charge >= 0.3 is 0 Å². The molecule has 0 bridgehead atoms. The van der Waals surface area contributed by atoms with Crippen LogP contribution < -0.4 is 0 Å². The van der Waals surface area contributed by atoms with Crippen LogP contribution in [0.15, 0.2) is 30.3 Å². The van der Waals surface area contributed by atoms with Gasteiger partial charge in [0.25, 0.3) is 0 Å². The smallest absolute Gasteiger partial charge is 0.153 e. The fourth-order valence-corrected chi connectivity index (χ4v) is 4.12. The molecule has 0 spiro atoms. The molecule has 0 amide bonds. The fraction of sp³-hybridized carbons (Fsp3) is 0.571. The molecule has 1 heterocycles. The van der Waals surface area contributed by atoms with Gasteiger partial charge in [0.15, 0.2) is 9.84 Å². The summed E-state index contributed by atoms with van der Waals surface area (Å²) in [5.41, 5.74) is 0.916. The molecular formula is C14H21NO3S. The van der Waals surface area contributed by atoms with Gasteiger partial charge in [-0.2, -0.15) is 0 Å². The summed E-state index contributed by atoms with van der Waals surface area (Å²) in [5, 5.41) is 10.1. The lowest BCUT2D eigenvalue weighted by molar-refractivity contribution is 0.132. The van der Waals surface area contributed by atoms with E-state index in [0.29, 0.717) is 13.0 Å². The number of aliphatic hydroxyl groups is 1. The summed E-state index contributed by atoms with van der Waals surface area (Å²) in [5.74, 6) is 0.465. The molecule has 1 aromatic rings. The highest BCUT2D eigenvalue weighted by Gasteiger charge is 2.28.